The van der Waals surface area contributed by atoms with Crippen molar-refractivity contribution in [3.63, 3.8) is 0 Å². The number of piperidine rings is 1. The molecule has 1 aliphatic rings. The number of likely N-dealkylation sites (tertiary alicyclic amines) is 1. The van der Waals surface area contributed by atoms with Crippen molar-refractivity contribution in [2.24, 2.45) is 5.92 Å². The SMILES string of the molecule is CCC(CC)C(=O)N(Cc1ccc(C(=O)NCc2cccc(F)c2)cc1)C1CCN(Cc2ccc(F)cc2)CC1. The monoisotopic (exact) mass is 547 g/mol. The maximum absolute atomic E-state index is 13.6. The molecule has 0 spiro atoms. The van der Waals surface area contributed by atoms with E-state index in [4.69, 9.17) is 0 Å². The number of nitrogens with one attached hydrogen (secondary N) is 1. The average Bonchev–Trinajstić information content (AvgIpc) is 2.97. The minimum Gasteiger partial charge on any atom is -0.348 e. The number of rotatable bonds is 11. The minimum atomic E-state index is -0.331. The third-order valence-electron chi connectivity index (χ3n) is 7.85. The van der Waals surface area contributed by atoms with Gasteiger partial charge in [-0.25, -0.2) is 8.78 Å². The van der Waals surface area contributed by atoms with E-state index in [1.165, 1.54) is 24.3 Å². The molecule has 3 aromatic rings. The molecule has 7 heteroatoms. The molecule has 40 heavy (non-hydrogen) atoms. The Bertz CT molecular complexity index is 1250. The number of nitrogens with zero attached hydrogens (tertiary/aromatic N) is 2. The Hall–Kier alpha value is -3.58. The summed E-state index contributed by atoms with van der Waals surface area (Å²) in [5.41, 5.74) is 3.29. The summed E-state index contributed by atoms with van der Waals surface area (Å²) >= 11 is 0. The molecular formula is C33H39F2N3O2. The fraction of sp³-hybridized carbons (Fsp3) is 0.394. The lowest BCUT2D eigenvalue weighted by Crippen LogP contribution is -2.48. The fourth-order valence-corrected chi connectivity index (χ4v) is 5.39. The van der Waals surface area contributed by atoms with Gasteiger partial charge in [-0.2, -0.15) is 0 Å². The lowest BCUT2D eigenvalue weighted by molar-refractivity contribution is -0.140. The summed E-state index contributed by atoms with van der Waals surface area (Å²) in [6.45, 7) is 7.40. The highest BCUT2D eigenvalue weighted by atomic mass is 19.1. The molecule has 1 saturated heterocycles. The number of amides is 2. The van der Waals surface area contributed by atoms with Crippen molar-refractivity contribution in [3.8, 4) is 0 Å². The van der Waals surface area contributed by atoms with Crippen LogP contribution in [0, 0.1) is 17.6 Å². The summed E-state index contributed by atoms with van der Waals surface area (Å²) in [7, 11) is 0. The molecule has 212 valence electrons. The standard InChI is InChI=1S/C33H39F2N3O2/c1-3-27(4-2)33(40)38(31-16-18-37(19-17-31)22-24-10-14-29(34)15-11-24)23-25-8-12-28(13-9-25)32(39)36-21-26-6-5-7-30(35)20-26/h5-15,20,27,31H,3-4,16-19,21-23H2,1-2H3,(H,36,39). The van der Waals surface area contributed by atoms with Gasteiger partial charge in [-0.15, -0.1) is 0 Å². The van der Waals surface area contributed by atoms with E-state index >= 15 is 0 Å². The maximum atomic E-state index is 13.6. The summed E-state index contributed by atoms with van der Waals surface area (Å²) in [5.74, 6) is -0.601. The summed E-state index contributed by atoms with van der Waals surface area (Å²) in [6.07, 6.45) is 3.38. The second-order valence-corrected chi connectivity index (χ2v) is 10.6. The molecule has 0 atom stereocenters. The zero-order valence-electron chi connectivity index (χ0n) is 23.4. The van der Waals surface area contributed by atoms with Crippen LogP contribution in [0.1, 0.15) is 66.6 Å². The lowest BCUT2D eigenvalue weighted by atomic mass is 9.96. The van der Waals surface area contributed by atoms with Crippen molar-refractivity contribution in [1.82, 2.24) is 15.1 Å². The Labute approximate surface area is 236 Å². The van der Waals surface area contributed by atoms with Crippen LogP contribution >= 0.6 is 0 Å². The molecule has 5 nitrogen and oxygen atoms in total. The lowest BCUT2D eigenvalue weighted by Gasteiger charge is -2.40. The molecule has 4 rings (SSSR count). The Kier molecular flexibility index (Phi) is 10.4. The first-order valence-corrected chi connectivity index (χ1v) is 14.2. The van der Waals surface area contributed by atoms with Gasteiger partial charge >= 0.3 is 0 Å². The fourth-order valence-electron chi connectivity index (χ4n) is 5.39. The van der Waals surface area contributed by atoms with Crippen molar-refractivity contribution in [1.29, 1.82) is 0 Å². The zero-order chi connectivity index (χ0) is 28.5. The van der Waals surface area contributed by atoms with Crippen LogP contribution in [0.3, 0.4) is 0 Å². The number of benzene rings is 3. The van der Waals surface area contributed by atoms with E-state index in [0.29, 0.717) is 17.7 Å². The van der Waals surface area contributed by atoms with E-state index in [1.807, 2.05) is 29.2 Å². The van der Waals surface area contributed by atoms with Crippen molar-refractivity contribution >= 4 is 11.8 Å². The van der Waals surface area contributed by atoms with Crippen molar-refractivity contribution in [2.45, 2.75) is 65.2 Å². The average molecular weight is 548 g/mol. The van der Waals surface area contributed by atoms with Gasteiger partial charge in [0.15, 0.2) is 0 Å². The number of hydrogen-bond acceptors (Lipinski definition) is 3. The second-order valence-electron chi connectivity index (χ2n) is 10.6. The van der Waals surface area contributed by atoms with Crippen LogP contribution < -0.4 is 5.32 Å². The summed E-state index contributed by atoms with van der Waals surface area (Å²) in [6, 6.07) is 20.3. The van der Waals surface area contributed by atoms with E-state index in [1.54, 1.807) is 24.3 Å². The van der Waals surface area contributed by atoms with Crippen LogP contribution in [0.4, 0.5) is 8.78 Å². The number of carbonyl (C=O) groups excluding carboxylic acids is 2. The molecule has 1 N–H and O–H groups in total. The van der Waals surface area contributed by atoms with Crippen molar-refractivity contribution in [3.05, 3.63) is 107 Å². The molecule has 0 aromatic heterocycles. The first-order chi connectivity index (χ1) is 19.4. The van der Waals surface area contributed by atoms with Gasteiger partial charge in [-0.05, 0) is 78.8 Å². The molecule has 0 unspecified atom stereocenters. The smallest absolute Gasteiger partial charge is 0.251 e. The Balaban J connectivity index is 1.38. The van der Waals surface area contributed by atoms with Gasteiger partial charge in [0.2, 0.25) is 5.91 Å². The van der Waals surface area contributed by atoms with Gasteiger partial charge in [-0.3, -0.25) is 14.5 Å². The molecule has 1 aliphatic heterocycles. The summed E-state index contributed by atoms with van der Waals surface area (Å²) in [5, 5.41) is 2.83. The van der Waals surface area contributed by atoms with Crippen molar-refractivity contribution < 1.29 is 18.4 Å². The van der Waals surface area contributed by atoms with Crippen LogP contribution in [-0.4, -0.2) is 40.7 Å². The van der Waals surface area contributed by atoms with Crippen LogP contribution in [0.25, 0.3) is 0 Å². The second kappa shape index (κ2) is 14.2. The van der Waals surface area contributed by atoms with Crippen LogP contribution in [0.15, 0.2) is 72.8 Å². The molecule has 0 radical (unpaired) electrons. The first-order valence-electron chi connectivity index (χ1n) is 14.2. The largest absolute Gasteiger partial charge is 0.348 e. The Morgan fingerprint density at radius 3 is 2.15 bits per heavy atom. The molecular weight excluding hydrogens is 508 g/mol. The van der Waals surface area contributed by atoms with E-state index in [2.05, 4.69) is 24.1 Å². The number of hydrogen-bond donors (Lipinski definition) is 1. The predicted octanol–water partition coefficient (Wildman–Crippen LogP) is 6.32. The predicted molar refractivity (Wildman–Crippen MR) is 153 cm³/mol. The highest BCUT2D eigenvalue weighted by Gasteiger charge is 2.31. The highest BCUT2D eigenvalue weighted by Crippen LogP contribution is 2.25. The van der Waals surface area contributed by atoms with Crippen LogP contribution in [-0.2, 0) is 24.4 Å². The van der Waals surface area contributed by atoms with Crippen LogP contribution in [0.5, 0.6) is 0 Å². The summed E-state index contributed by atoms with van der Waals surface area (Å²) in [4.78, 5) is 30.7. The molecule has 0 bridgehead atoms. The van der Waals surface area contributed by atoms with E-state index in [-0.39, 0.29) is 42.0 Å². The van der Waals surface area contributed by atoms with Gasteiger partial charge in [0, 0.05) is 50.2 Å². The van der Waals surface area contributed by atoms with Crippen LogP contribution in [0.2, 0.25) is 0 Å². The quantitative estimate of drug-likeness (QED) is 0.306. The Morgan fingerprint density at radius 2 is 1.52 bits per heavy atom. The molecule has 0 saturated carbocycles. The third-order valence-corrected chi connectivity index (χ3v) is 7.85. The molecule has 0 aliphatic carbocycles. The molecule has 1 heterocycles. The van der Waals surface area contributed by atoms with Gasteiger partial charge in [0.1, 0.15) is 11.6 Å². The number of carbonyl (C=O) groups is 2. The van der Waals surface area contributed by atoms with Gasteiger partial charge in [0.05, 0.1) is 0 Å². The maximum Gasteiger partial charge on any atom is 0.251 e. The van der Waals surface area contributed by atoms with E-state index in [0.717, 1.165) is 56.4 Å². The van der Waals surface area contributed by atoms with Gasteiger partial charge in [0.25, 0.3) is 5.91 Å². The molecule has 2 amide bonds. The van der Waals surface area contributed by atoms with Gasteiger partial charge < -0.3 is 10.2 Å². The minimum absolute atomic E-state index is 0.00915. The molecule has 3 aromatic carbocycles. The summed E-state index contributed by atoms with van der Waals surface area (Å²) < 4.78 is 26.7. The topological polar surface area (TPSA) is 52.7 Å². The Morgan fingerprint density at radius 1 is 0.875 bits per heavy atom. The van der Waals surface area contributed by atoms with Gasteiger partial charge in [-0.1, -0.05) is 50.2 Å². The first kappa shape index (κ1) is 29.4. The molecule has 1 fully saturated rings. The normalized spacial score (nSPS) is 14.3. The highest BCUT2D eigenvalue weighted by molar-refractivity contribution is 5.94. The van der Waals surface area contributed by atoms with Crippen molar-refractivity contribution in [2.75, 3.05) is 13.1 Å². The zero-order valence-corrected chi connectivity index (χ0v) is 23.4. The number of halogens is 2. The third kappa shape index (κ3) is 7.98. The van der Waals surface area contributed by atoms with E-state index in [9.17, 15) is 18.4 Å². The van der Waals surface area contributed by atoms with E-state index < -0.39 is 0 Å².